The minimum absolute atomic E-state index is 0.0512. The summed E-state index contributed by atoms with van der Waals surface area (Å²) in [6.07, 6.45) is 1.23. The number of aryl methyl sites for hydroxylation is 2. The molecule has 0 aliphatic heterocycles. The zero-order chi connectivity index (χ0) is 15.2. The minimum Gasteiger partial charge on any atom is -0.497 e. The lowest BCUT2D eigenvalue weighted by atomic mass is 10.1. The van der Waals surface area contributed by atoms with Crippen LogP contribution in [0.5, 0.6) is 5.75 Å². The lowest BCUT2D eigenvalue weighted by Gasteiger charge is -2.06. The van der Waals surface area contributed by atoms with Gasteiger partial charge in [0.05, 0.1) is 24.2 Å². The van der Waals surface area contributed by atoms with E-state index < -0.39 is 0 Å². The fourth-order valence-corrected chi connectivity index (χ4v) is 3.02. The first-order chi connectivity index (χ1) is 10.1. The largest absolute Gasteiger partial charge is 0.497 e. The monoisotopic (exact) mass is 304 g/mol. The smallest absolute Gasteiger partial charge is 0.225 e. The maximum absolute atomic E-state index is 11.9. The maximum atomic E-state index is 11.9. The van der Waals surface area contributed by atoms with Crippen LogP contribution >= 0.6 is 11.3 Å². The summed E-state index contributed by atoms with van der Waals surface area (Å²) in [7, 11) is 1.65. The number of methoxy groups -OCH3 is 1. The van der Waals surface area contributed by atoms with Crippen molar-refractivity contribution in [2.45, 2.75) is 26.7 Å². The molecule has 1 heterocycles. The molecule has 1 amide bonds. The second-order valence-electron chi connectivity index (χ2n) is 4.87. The molecule has 0 saturated carbocycles. The quantitative estimate of drug-likeness (QED) is 0.892. The van der Waals surface area contributed by atoms with Crippen molar-refractivity contribution in [1.29, 1.82) is 0 Å². The van der Waals surface area contributed by atoms with E-state index in [4.69, 9.17) is 4.74 Å². The molecule has 2 rings (SSSR count). The Morgan fingerprint density at radius 1 is 1.29 bits per heavy atom. The Morgan fingerprint density at radius 3 is 2.57 bits per heavy atom. The summed E-state index contributed by atoms with van der Waals surface area (Å²) in [5, 5.41) is 3.96. The van der Waals surface area contributed by atoms with Gasteiger partial charge in [-0.2, -0.15) is 0 Å². The summed E-state index contributed by atoms with van der Waals surface area (Å²) in [4.78, 5) is 17.3. The van der Waals surface area contributed by atoms with E-state index in [0.717, 1.165) is 27.7 Å². The van der Waals surface area contributed by atoms with Crippen LogP contribution in [0.25, 0.3) is 0 Å². The Labute approximate surface area is 129 Å². The minimum atomic E-state index is 0.0512. The zero-order valence-electron chi connectivity index (χ0n) is 12.6. The highest BCUT2D eigenvalue weighted by Gasteiger charge is 2.09. The molecule has 4 nitrogen and oxygen atoms in total. The molecule has 1 N–H and O–H groups in total. The molecule has 0 atom stereocenters. The average molecular weight is 304 g/mol. The summed E-state index contributed by atoms with van der Waals surface area (Å²) in [5.74, 6) is 0.897. The second-order valence-corrected chi connectivity index (χ2v) is 6.15. The summed E-state index contributed by atoms with van der Waals surface area (Å²) in [6.45, 7) is 4.55. The van der Waals surface area contributed by atoms with Crippen molar-refractivity contribution in [3.63, 3.8) is 0 Å². The van der Waals surface area contributed by atoms with Gasteiger partial charge in [-0.25, -0.2) is 4.98 Å². The number of thiazole rings is 1. The third-order valence-electron chi connectivity index (χ3n) is 3.22. The van der Waals surface area contributed by atoms with Gasteiger partial charge >= 0.3 is 0 Å². The van der Waals surface area contributed by atoms with Crippen LogP contribution in [0.4, 0.5) is 0 Å². The Balaban J connectivity index is 1.77. The molecule has 0 aliphatic rings. The Kier molecular flexibility index (Phi) is 5.33. The molecule has 0 saturated heterocycles. The van der Waals surface area contributed by atoms with E-state index in [2.05, 4.69) is 10.3 Å². The molecule has 0 radical (unpaired) electrons. The number of carbonyl (C=O) groups is 1. The van der Waals surface area contributed by atoms with Crippen molar-refractivity contribution in [2.24, 2.45) is 0 Å². The SMILES string of the molecule is COc1ccc(CCNC(=O)Cc2sc(C)nc2C)cc1. The van der Waals surface area contributed by atoms with Gasteiger partial charge in [0.15, 0.2) is 0 Å². The molecule has 1 aromatic carbocycles. The van der Waals surface area contributed by atoms with E-state index in [0.29, 0.717) is 13.0 Å². The fraction of sp³-hybridized carbons (Fsp3) is 0.375. The molecule has 0 fully saturated rings. The first-order valence-corrected chi connectivity index (χ1v) is 7.72. The van der Waals surface area contributed by atoms with Crippen molar-refractivity contribution >= 4 is 17.2 Å². The summed E-state index contributed by atoms with van der Waals surface area (Å²) < 4.78 is 5.12. The summed E-state index contributed by atoms with van der Waals surface area (Å²) in [5.41, 5.74) is 2.14. The lowest BCUT2D eigenvalue weighted by Crippen LogP contribution is -2.27. The Bertz CT molecular complexity index is 605. The third-order valence-corrected chi connectivity index (χ3v) is 4.29. The van der Waals surface area contributed by atoms with Gasteiger partial charge in [0.25, 0.3) is 0 Å². The van der Waals surface area contributed by atoms with E-state index in [1.807, 2.05) is 38.1 Å². The fourth-order valence-electron chi connectivity index (χ4n) is 2.08. The van der Waals surface area contributed by atoms with Crippen LogP contribution in [0.2, 0.25) is 0 Å². The van der Waals surface area contributed by atoms with E-state index >= 15 is 0 Å². The van der Waals surface area contributed by atoms with Crippen LogP contribution in [-0.4, -0.2) is 24.5 Å². The van der Waals surface area contributed by atoms with Gasteiger partial charge in [-0.3, -0.25) is 4.79 Å². The predicted octanol–water partition coefficient (Wildman–Crippen LogP) is 2.67. The van der Waals surface area contributed by atoms with Gasteiger partial charge < -0.3 is 10.1 Å². The standard InChI is InChI=1S/C16H20N2O2S/c1-11-15(21-12(2)18-11)10-16(19)17-9-8-13-4-6-14(20-3)7-5-13/h4-7H,8-10H2,1-3H3,(H,17,19). The number of carbonyl (C=O) groups excluding carboxylic acids is 1. The molecule has 21 heavy (non-hydrogen) atoms. The zero-order valence-corrected chi connectivity index (χ0v) is 13.4. The third kappa shape index (κ3) is 4.56. The number of benzene rings is 1. The van der Waals surface area contributed by atoms with E-state index in [1.165, 1.54) is 5.56 Å². The molecule has 0 spiro atoms. The predicted molar refractivity (Wildman–Crippen MR) is 85.0 cm³/mol. The van der Waals surface area contributed by atoms with E-state index in [-0.39, 0.29) is 5.91 Å². The summed E-state index contributed by atoms with van der Waals surface area (Å²) >= 11 is 1.59. The molecule has 0 bridgehead atoms. The first kappa shape index (κ1) is 15.5. The molecular weight excluding hydrogens is 284 g/mol. The number of nitrogens with one attached hydrogen (secondary N) is 1. The second kappa shape index (κ2) is 7.22. The van der Waals surface area contributed by atoms with Gasteiger partial charge in [0.1, 0.15) is 5.75 Å². The first-order valence-electron chi connectivity index (χ1n) is 6.91. The number of amides is 1. The number of hydrogen-bond donors (Lipinski definition) is 1. The number of hydrogen-bond acceptors (Lipinski definition) is 4. The van der Waals surface area contributed by atoms with Crippen LogP contribution in [-0.2, 0) is 17.6 Å². The van der Waals surface area contributed by atoms with E-state index in [1.54, 1.807) is 18.4 Å². The average Bonchev–Trinajstić information content (AvgIpc) is 2.77. The highest BCUT2D eigenvalue weighted by Crippen LogP contribution is 2.17. The molecular formula is C16H20N2O2S. The van der Waals surface area contributed by atoms with Crippen molar-refractivity contribution < 1.29 is 9.53 Å². The van der Waals surface area contributed by atoms with Gasteiger partial charge in [-0.1, -0.05) is 12.1 Å². The molecule has 1 aromatic heterocycles. The number of aromatic nitrogens is 1. The van der Waals surface area contributed by atoms with Crippen molar-refractivity contribution in [1.82, 2.24) is 10.3 Å². The topological polar surface area (TPSA) is 51.2 Å². The number of ether oxygens (including phenoxy) is 1. The number of nitrogens with zero attached hydrogens (tertiary/aromatic N) is 1. The Hall–Kier alpha value is -1.88. The molecule has 0 unspecified atom stereocenters. The van der Waals surface area contributed by atoms with Crippen molar-refractivity contribution in [3.8, 4) is 5.75 Å². The molecule has 2 aromatic rings. The molecule has 0 aliphatic carbocycles. The van der Waals surface area contributed by atoms with Gasteiger partial charge in [-0.05, 0) is 38.0 Å². The van der Waals surface area contributed by atoms with Gasteiger partial charge in [0.2, 0.25) is 5.91 Å². The van der Waals surface area contributed by atoms with Crippen LogP contribution in [0, 0.1) is 13.8 Å². The van der Waals surface area contributed by atoms with Gasteiger partial charge in [0, 0.05) is 11.4 Å². The van der Waals surface area contributed by atoms with Crippen LogP contribution < -0.4 is 10.1 Å². The highest BCUT2D eigenvalue weighted by molar-refractivity contribution is 7.11. The van der Waals surface area contributed by atoms with Crippen molar-refractivity contribution in [2.75, 3.05) is 13.7 Å². The summed E-state index contributed by atoms with van der Waals surface area (Å²) in [6, 6.07) is 7.89. The Morgan fingerprint density at radius 2 is 2.00 bits per heavy atom. The maximum Gasteiger partial charge on any atom is 0.225 e. The van der Waals surface area contributed by atoms with Crippen LogP contribution in [0.1, 0.15) is 21.1 Å². The van der Waals surface area contributed by atoms with Crippen LogP contribution in [0.15, 0.2) is 24.3 Å². The highest BCUT2D eigenvalue weighted by atomic mass is 32.1. The van der Waals surface area contributed by atoms with Gasteiger partial charge in [-0.15, -0.1) is 11.3 Å². The van der Waals surface area contributed by atoms with E-state index in [9.17, 15) is 4.79 Å². The lowest BCUT2D eigenvalue weighted by molar-refractivity contribution is -0.120. The van der Waals surface area contributed by atoms with Crippen molar-refractivity contribution in [3.05, 3.63) is 45.4 Å². The van der Waals surface area contributed by atoms with Crippen LogP contribution in [0.3, 0.4) is 0 Å². The molecule has 5 heteroatoms. The normalized spacial score (nSPS) is 10.4. The molecule has 112 valence electrons. The number of rotatable bonds is 6.